The van der Waals surface area contributed by atoms with E-state index in [-0.39, 0.29) is 43.4 Å². The van der Waals surface area contributed by atoms with E-state index in [0.717, 1.165) is 66.7 Å². The van der Waals surface area contributed by atoms with Gasteiger partial charge in [-0.3, -0.25) is 14.4 Å². The van der Waals surface area contributed by atoms with Gasteiger partial charge in [-0.2, -0.15) is 0 Å². The van der Waals surface area contributed by atoms with E-state index in [2.05, 4.69) is 11.0 Å². The fraction of sp³-hybridized carbons (Fsp3) is 0.543. The second-order valence-electron chi connectivity index (χ2n) is 13.1. The number of carbonyl (C=O) groups excluding carboxylic acids is 2. The lowest BCUT2D eigenvalue weighted by molar-refractivity contribution is -0.168. The van der Waals surface area contributed by atoms with Gasteiger partial charge in [0.25, 0.3) is 5.56 Å². The van der Waals surface area contributed by atoms with Crippen molar-refractivity contribution < 1.29 is 23.8 Å². The third kappa shape index (κ3) is 4.30. The Morgan fingerprint density at radius 3 is 2.52 bits per heavy atom. The van der Waals surface area contributed by atoms with E-state index in [1.165, 1.54) is 31.2 Å². The summed E-state index contributed by atoms with van der Waals surface area (Å²) >= 11 is 0. The molecule has 3 aliphatic heterocycles. The molecule has 1 unspecified atom stereocenters. The van der Waals surface area contributed by atoms with Crippen molar-refractivity contribution in [3.8, 4) is 22.9 Å². The number of piperidine rings is 1. The molecule has 2 aliphatic carbocycles. The van der Waals surface area contributed by atoms with E-state index in [4.69, 9.17) is 19.2 Å². The minimum absolute atomic E-state index is 0.0235. The maximum atomic E-state index is 14.1. The Labute approximate surface area is 256 Å². The second kappa shape index (κ2) is 10.7. The number of nitrogens with zero attached hydrogens (tertiary/aromatic N) is 3. The summed E-state index contributed by atoms with van der Waals surface area (Å²) in [5, 5.41) is 1.06. The molecule has 3 aromatic rings. The van der Waals surface area contributed by atoms with Gasteiger partial charge in [0.15, 0.2) is 22.9 Å². The van der Waals surface area contributed by atoms with E-state index >= 15 is 0 Å². The molecule has 9 heteroatoms. The Balaban J connectivity index is 1.22. The molecule has 44 heavy (non-hydrogen) atoms. The van der Waals surface area contributed by atoms with Crippen LogP contribution in [0.15, 0.2) is 23.0 Å². The molecule has 8 rings (SSSR count). The van der Waals surface area contributed by atoms with Crippen LogP contribution in [0.4, 0.5) is 0 Å². The Morgan fingerprint density at radius 1 is 1.00 bits per heavy atom. The fourth-order valence-corrected chi connectivity index (χ4v) is 8.38. The van der Waals surface area contributed by atoms with Crippen LogP contribution in [0, 0.1) is 0 Å². The van der Waals surface area contributed by atoms with Gasteiger partial charge in [-0.25, -0.2) is 4.98 Å². The molecular formula is C35H39N3O6. The number of hydrogen-bond acceptors (Lipinski definition) is 8. The van der Waals surface area contributed by atoms with E-state index in [1.54, 1.807) is 4.57 Å². The lowest BCUT2D eigenvalue weighted by Gasteiger charge is -2.29. The average Bonchev–Trinajstić information content (AvgIpc) is 3.73. The highest BCUT2D eigenvalue weighted by atomic mass is 16.7. The summed E-state index contributed by atoms with van der Waals surface area (Å²) in [5.74, 6) is 1.18. The summed E-state index contributed by atoms with van der Waals surface area (Å²) in [5.41, 5.74) is 3.97. The van der Waals surface area contributed by atoms with Crippen LogP contribution in [0.25, 0.3) is 22.3 Å². The lowest BCUT2D eigenvalue weighted by Crippen LogP contribution is -2.38. The molecule has 0 radical (unpaired) electrons. The molecule has 9 nitrogen and oxygen atoms in total. The van der Waals surface area contributed by atoms with Gasteiger partial charge in [0.1, 0.15) is 0 Å². The minimum atomic E-state index is -1.44. The number of Topliss-reactive ketones (excluding diaryl/α,β-unsaturated/α-hetero) is 1. The topological polar surface area (TPSA) is 100.0 Å². The third-order valence-corrected chi connectivity index (χ3v) is 10.7. The van der Waals surface area contributed by atoms with Crippen LogP contribution in [0.2, 0.25) is 0 Å². The molecule has 0 N–H and O–H groups in total. The van der Waals surface area contributed by atoms with Gasteiger partial charge in [0.2, 0.25) is 6.79 Å². The van der Waals surface area contributed by atoms with Crippen LogP contribution in [0.3, 0.4) is 0 Å². The van der Waals surface area contributed by atoms with Crippen LogP contribution in [0.5, 0.6) is 11.5 Å². The van der Waals surface area contributed by atoms with Gasteiger partial charge in [0.05, 0.1) is 29.9 Å². The molecule has 0 amide bonds. The average molecular weight is 598 g/mol. The number of pyridine rings is 2. The number of fused-ring (bicyclic) bond motifs is 6. The van der Waals surface area contributed by atoms with Crippen LogP contribution in [0.1, 0.15) is 99.3 Å². The third-order valence-electron chi connectivity index (χ3n) is 10.7. The Morgan fingerprint density at radius 2 is 1.75 bits per heavy atom. The molecule has 230 valence electrons. The van der Waals surface area contributed by atoms with Crippen LogP contribution < -0.4 is 15.0 Å². The summed E-state index contributed by atoms with van der Waals surface area (Å²) < 4.78 is 19.3. The number of benzene rings is 1. The van der Waals surface area contributed by atoms with E-state index < -0.39 is 5.60 Å². The van der Waals surface area contributed by atoms with Crippen molar-refractivity contribution in [3.63, 3.8) is 0 Å². The maximum absolute atomic E-state index is 14.1. The molecule has 0 bridgehead atoms. The van der Waals surface area contributed by atoms with Crippen LogP contribution >= 0.6 is 0 Å². The highest BCUT2D eigenvalue weighted by Crippen LogP contribution is 2.48. The smallest absolute Gasteiger partial charge is 0.308 e. The predicted octanol–water partition coefficient (Wildman–Crippen LogP) is 5.35. The quantitative estimate of drug-likeness (QED) is 0.274. The van der Waals surface area contributed by atoms with Crippen molar-refractivity contribution in [3.05, 3.63) is 50.8 Å². The highest BCUT2D eigenvalue weighted by molar-refractivity contribution is 5.98. The second-order valence-corrected chi connectivity index (χ2v) is 13.1. The predicted molar refractivity (Wildman–Crippen MR) is 164 cm³/mol. The molecule has 1 saturated heterocycles. The van der Waals surface area contributed by atoms with E-state index in [9.17, 15) is 14.4 Å². The molecule has 2 fully saturated rings. The van der Waals surface area contributed by atoms with Gasteiger partial charge in [-0.15, -0.1) is 0 Å². The van der Waals surface area contributed by atoms with E-state index in [1.807, 2.05) is 19.1 Å². The van der Waals surface area contributed by atoms with Crippen molar-refractivity contribution in [2.75, 3.05) is 26.4 Å². The molecule has 1 aromatic carbocycles. The summed E-state index contributed by atoms with van der Waals surface area (Å²) in [6, 6.07) is 5.93. The maximum Gasteiger partial charge on any atom is 0.308 e. The Bertz CT molecular complexity index is 1750. The molecule has 5 aliphatic rings. The molecule has 5 heterocycles. The zero-order valence-corrected chi connectivity index (χ0v) is 25.4. The SMILES string of the molecule is CCC1(OC(=O)CCN2CCCCC2)C(=O)Cc2c1cc1n(c2=O)Cc2c-1nc1cc3c(cc1c2C1CCCCC1)OCO3. The molecule has 1 atom stereocenters. The molecule has 1 saturated carbocycles. The van der Waals surface area contributed by atoms with Gasteiger partial charge in [-0.05, 0) is 68.8 Å². The van der Waals surface area contributed by atoms with Gasteiger partial charge >= 0.3 is 5.97 Å². The first kappa shape index (κ1) is 27.8. The van der Waals surface area contributed by atoms with Gasteiger partial charge in [-0.1, -0.05) is 32.6 Å². The zero-order valence-electron chi connectivity index (χ0n) is 25.4. The minimum Gasteiger partial charge on any atom is -0.454 e. The van der Waals surface area contributed by atoms with Crippen molar-refractivity contribution in [2.24, 2.45) is 0 Å². The zero-order chi connectivity index (χ0) is 30.0. The first-order chi connectivity index (χ1) is 21.5. The van der Waals surface area contributed by atoms with Crippen molar-refractivity contribution in [1.82, 2.24) is 14.5 Å². The van der Waals surface area contributed by atoms with Crippen molar-refractivity contribution >= 4 is 22.7 Å². The standard InChI is InChI=1S/C35H39N3O6/c1-2-35(44-31(40)11-14-37-12-7-4-8-13-37)25-17-27-33-24(19-38(27)34(41)22(25)16-30(35)39)32(21-9-5-3-6-10-21)23-15-28-29(43-20-42-28)18-26(23)36-33/h15,17-18,21H,2-14,16,19-20H2,1H3. The van der Waals surface area contributed by atoms with E-state index in [0.29, 0.717) is 41.6 Å². The number of esters is 1. The number of ketones is 1. The largest absolute Gasteiger partial charge is 0.454 e. The number of hydrogen-bond donors (Lipinski definition) is 0. The summed E-state index contributed by atoms with van der Waals surface area (Å²) in [6.45, 7) is 5.07. The lowest BCUT2D eigenvalue weighted by atomic mass is 9.80. The number of likely N-dealkylation sites (tertiary alicyclic amines) is 1. The van der Waals surface area contributed by atoms with Gasteiger partial charge < -0.3 is 23.7 Å². The van der Waals surface area contributed by atoms with Crippen LogP contribution in [-0.4, -0.2) is 52.6 Å². The molecular weight excluding hydrogens is 558 g/mol. The molecule has 0 spiro atoms. The number of aromatic nitrogens is 2. The van der Waals surface area contributed by atoms with Gasteiger partial charge in [0, 0.05) is 41.1 Å². The normalized spacial score (nSPS) is 22.7. The first-order valence-corrected chi connectivity index (χ1v) is 16.5. The van der Waals surface area contributed by atoms with Crippen molar-refractivity contribution in [2.45, 2.75) is 95.6 Å². The number of ether oxygens (including phenoxy) is 3. The highest BCUT2D eigenvalue weighted by Gasteiger charge is 2.51. The summed E-state index contributed by atoms with van der Waals surface area (Å²) in [7, 11) is 0. The molecule has 2 aromatic heterocycles. The first-order valence-electron chi connectivity index (χ1n) is 16.5. The van der Waals surface area contributed by atoms with Crippen LogP contribution in [-0.2, 0) is 32.9 Å². The number of carbonyl (C=O) groups is 2. The fourth-order valence-electron chi connectivity index (χ4n) is 8.38. The summed E-state index contributed by atoms with van der Waals surface area (Å²) in [4.78, 5) is 48.4. The number of rotatable bonds is 6. The van der Waals surface area contributed by atoms with Crippen molar-refractivity contribution in [1.29, 1.82) is 0 Å². The Hall–Kier alpha value is -3.72. The summed E-state index contributed by atoms with van der Waals surface area (Å²) in [6.07, 6.45) is 9.80. The monoisotopic (exact) mass is 597 g/mol. The Kier molecular flexibility index (Phi) is 6.77.